The zero-order chi connectivity index (χ0) is 14.7. The molecule has 0 fully saturated rings. The van der Waals surface area contributed by atoms with Gasteiger partial charge in [0.05, 0.1) is 12.7 Å². The van der Waals surface area contributed by atoms with Crippen LogP contribution in [0.15, 0.2) is 59.6 Å². The van der Waals surface area contributed by atoms with Crippen LogP contribution in [0, 0.1) is 0 Å². The molecule has 21 heavy (non-hydrogen) atoms. The Morgan fingerprint density at radius 1 is 1.14 bits per heavy atom. The third kappa shape index (κ3) is 2.81. The quantitative estimate of drug-likeness (QED) is 0.578. The van der Waals surface area contributed by atoms with Crippen LogP contribution in [0.1, 0.15) is 15.9 Å². The maximum atomic E-state index is 11.9. The van der Waals surface area contributed by atoms with E-state index in [0.29, 0.717) is 5.56 Å². The van der Waals surface area contributed by atoms with E-state index in [1.54, 1.807) is 17.8 Å². The number of hydrogen-bond acceptors (Lipinski definition) is 3. The Bertz CT molecular complexity index is 765. The Morgan fingerprint density at radius 2 is 1.95 bits per heavy atom. The summed E-state index contributed by atoms with van der Waals surface area (Å²) in [5, 5.41) is 0.935. The first-order valence-corrected chi connectivity index (χ1v) is 7.63. The van der Waals surface area contributed by atoms with E-state index in [1.165, 1.54) is 12.7 Å². The summed E-state index contributed by atoms with van der Waals surface area (Å²) in [5.74, 6) is 0.560. The number of fused-ring (bicyclic) bond motifs is 1. The van der Waals surface area contributed by atoms with Gasteiger partial charge in [0.15, 0.2) is 0 Å². The molecule has 0 atom stereocenters. The predicted molar refractivity (Wildman–Crippen MR) is 85.6 cm³/mol. The van der Waals surface area contributed by atoms with E-state index in [4.69, 9.17) is 4.74 Å². The Hall–Kier alpha value is -2.20. The van der Waals surface area contributed by atoms with Gasteiger partial charge in [-0.2, -0.15) is 0 Å². The van der Waals surface area contributed by atoms with E-state index >= 15 is 0 Å². The van der Waals surface area contributed by atoms with Crippen LogP contribution in [-0.2, 0) is 10.5 Å². The summed E-state index contributed by atoms with van der Waals surface area (Å²) < 4.78 is 4.87. The largest absolute Gasteiger partial charge is 0.465 e. The Morgan fingerprint density at radius 3 is 2.71 bits per heavy atom. The lowest BCUT2D eigenvalue weighted by Crippen LogP contribution is -2.01. The van der Waals surface area contributed by atoms with Gasteiger partial charge in [-0.25, -0.2) is 4.79 Å². The fraction of sp³-hybridized carbons (Fsp3) is 0.118. The second kappa shape index (κ2) is 6.06. The van der Waals surface area contributed by atoms with Crippen LogP contribution in [-0.4, -0.2) is 18.1 Å². The Balaban J connectivity index is 1.94. The number of carbonyl (C=O) groups is 1. The average Bonchev–Trinajstić information content (AvgIpc) is 2.96. The van der Waals surface area contributed by atoms with E-state index < -0.39 is 0 Å². The van der Waals surface area contributed by atoms with Crippen LogP contribution >= 0.6 is 11.8 Å². The van der Waals surface area contributed by atoms with Crippen molar-refractivity contribution in [3.63, 3.8) is 0 Å². The van der Waals surface area contributed by atoms with E-state index in [-0.39, 0.29) is 5.97 Å². The van der Waals surface area contributed by atoms with Crippen LogP contribution in [0.25, 0.3) is 10.9 Å². The Labute approximate surface area is 127 Å². The summed E-state index contributed by atoms with van der Waals surface area (Å²) in [6, 6.07) is 15.9. The molecule has 3 rings (SSSR count). The van der Waals surface area contributed by atoms with Crippen LogP contribution in [0.4, 0.5) is 0 Å². The first kappa shape index (κ1) is 13.8. The van der Waals surface area contributed by atoms with Gasteiger partial charge in [-0.1, -0.05) is 36.4 Å². The second-order valence-corrected chi connectivity index (χ2v) is 5.66. The molecule has 0 unspecified atom stereocenters. The first-order chi connectivity index (χ1) is 10.3. The van der Waals surface area contributed by atoms with Crippen molar-refractivity contribution in [3.8, 4) is 0 Å². The van der Waals surface area contributed by atoms with Crippen LogP contribution < -0.4 is 0 Å². The number of aromatic nitrogens is 1. The van der Waals surface area contributed by atoms with Gasteiger partial charge in [-0.05, 0) is 17.7 Å². The lowest BCUT2D eigenvalue weighted by atomic mass is 10.1. The topological polar surface area (TPSA) is 42.1 Å². The number of nitrogens with one attached hydrogen (secondary N) is 1. The second-order valence-electron chi connectivity index (χ2n) is 4.65. The van der Waals surface area contributed by atoms with Crippen molar-refractivity contribution >= 4 is 28.6 Å². The number of rotatable bonds is 4. The molecule has 0 aliphatic carbocycles. The molecular weight excluding hydrogens is 282 g/mol. The van der Waals surface area contributed by atoms with Crippen molar-refractivity contribution in [2.45, 2.75) is 10.6 Å². The Kier molecular flexibility index (Phi) is 3.97. The van der Waals surface area contributed by atoms with E-state index in [9.17, 15) is 4.79 Å². The zero-order valence-corrected chi connectivity index (χ0v) is 12.4. The summed E-state index contributed by atoms with van der Waals surface area (Å²) in [6.07, 6.45) is 1.95. The molecule has 3 nitrogen and oxygen atoms in total. The highest BCUT2D eigenvalue weighted by atomic mass is 32.2. The number of H-pyrrole nitrogens is 1. The molecule has 1 N–H and O–H groups in total. The van der Waals surface area contributed by atoms with Gasteiger partial charge >= 0.3 is 5.97 Å². The molecule has 0 aliphatic rings. The molecule has 3 aromatic rings. The van der Waals surface area contributed by atoms with Gasteiger partial charge in [0.2, 0.25) is 0 Å². The predicted octanol–water partition coefficient (Wildman–Crippen LogP) is 4.25. The smallest absolute Gasteiger partial charge is 0.338 e. The van der Waals surface area contributed by atoms with Crippen molar-refractivity contribution < 1.29 is 9.53 Å². The summed E-state index contributed by atoms with van der Waals surface area (Å²) in [6.45, 7) is 0. The molecule has 0 saturated carbocycles. The summed E-state index contributed by atoms with van der Waals surface area (Å²) in [5.41, 5.74) is 2.81. The highest BCUT2D eigenvalue weighted by Crippen LogP contribution is 2.32. The number of methoxy groups -OCH3 is 1. The van der Waals surface area contributed by atoms with E-state index in [2.05, 4.69) is 17.1 Å². The number of benzene rings is 2. The van der Waals surface area contributed by atoms with Crippen molar-refractivity contribution in [2.24, 2.45) is 0 Å². The van der Waals surface area contributed by atoms with Crippen molar-refractivity contribution in [2.75, 3.05) is 7.11 Å². The molecule has 0 radical (unpaired) electrons. The molecule has 2 aromatic carbocycles. The van der Waals surface area contributed by atoms with Crippen molar-refractivity contribution in [1.29, 1.82) is 0 Å². The van der Waals surface area contributed by atoms with Gasteiger partial charge < -0.3 is 9.72 Å². The van der Waals surface area contributed by atoms with Crippen LogP contribution in [0.5, 0.6) is 0 Å². The standard InChI is InChI=1S/C17H15NO2S/c1-20-17(19)13-8-5-9-14-16(13)15(10-18-14)21-11-12-6-3-2-4-7-12/h2-10,18H,11H2,1H3. The summed E-state index contributed by atoms with van der Waals surface area (Å²) >= 11 is 1.71. The lowest BCUT2D eigenvalue weighted by Gasteiger charge is -2.04. The van der Waals surface area contributed by atoms with Gasteiger partial charge in [0.1, 0.15) is 0 Å². The minimum absolute atomic E-state index is 0.304. The number of aromatic amines is 1. The SMILES string of the molecule is COC(=O)c1cccc2[nH]cc(SCc3ccccc3)c12. The lowest BCUT2D eigenvalue weighted by molar-refractivity contribution is 0.0603. The van der Waals surface area contributed by atoms with Gasteiger partial charge in [-0.15, -0.1) is 11.8 Å². The normalized spacial score (nSPS) is 10.7. The fourth-order valence-corrected chi connectivity index (χ4v) is 3.30. The third-order valence-corrected chi connectivity index (χ3v) is 4.42. The zero-order valence-electron chi connectivity index (χ0n) is 11.6. The number of carbonyl (C=O) groups excluding carboxylic acids is 1. The van der Waals surface area contributed by atoms with E-state index in [0.717, 1.165) is 21.6 Å². The van der Waals surface area contributed by atoms with Gasteiger partial charge in [-0.3, -0.25) is 0 Å². The number of thioether (sulfide) groups is 1. The van der Waals surface area contributed by atoms with Crippen molar-refractivity contribution in [3.05, 3.63) is 65.9 Å². The molecule has 0 amide bonds. The highest BCUT2D eigenvalue weighted by Gasteiger charge is 2.15. The van der Waals surface area contributed by atoms with Crippen molar-refractivity contribution in [1.82, 2.24) is 4.98 Å². The summed E-state index contributed by atoms with van der Waals surface area (Å²) in [4.78, 5) is 16.2. The molecule has 0 spiro atoms. The fourth-order valence-electron chi connectivity index (χ4n) is 2.28. The third-order valence-electron chi connectivity index (χ3n) is 3.31. The molecule has 106 valence electrons. The highest BCUT2D eigenvalue weighted by molar-refractivity contribution is 7.98. The molecule has 1 heterocycles. The number of esters is 1. The van der Waals surface area contributed by atoms with Crippen LogP contribution in [0.3, 0.4) is 0 Å². The maximum absolute atomic E-state index is 11.9. The molecule has 0 aliphatic heterocycles. The van der Waals surface area contributed by atoms with Crippen LogP contribution in [0.2, 0.25) is 0 Å². The molecule has 0 bridgehead atoms. The molecular formula is C17H15NO2S. The van der Waals surface area contributed by atoms with E-state index in [1.807, 2.05) is 36.5 Å². The minimum atomic E-state index is -0.304. The van der Waals surface area contributed by atoms with Gasteiger partial charge in [0.25, 0.3) is 0 Å². The molecule has 1 aromatic heterocycles. The molecule has 4 heteroatoms. The molecule has 0 saturated heterocycles. The van der Waals surface area contributed by atoms with Gasteiger partial charge in [0, 0.05) is 27.7 Å². The summed E-state index contributed by atoms with van der Waals surface area (Å²) in [7, 11) is 1.41. The minimum Gasteiger partial charge on any atom is -0.465 e. The average molecular weight is 297 g/mol. The number of hydrogen-bond donors (Lipinski definition) is 1. The monoisotopic (exact) mass is 297 g/mol. The maximum Gasteiger partial charge on any atom is 0.338 e. The number of ether oxygens (including phenoxy) is 1. The first-order valence-electron chi connectivity index (χ1n) is 6.64.